The van der Waals surface area contributed by atoms with Gasteiger partial charge >= 0.3 is 0 Å². The van der Waals surface area contributed by atoms with E-state index in [2.05, 4.69) is 25.5 Å². The molecule has 0 saturated heterocycles. The van der Waals surface area contributed by atoms with E-state index in [0.717, 1.165) is 6.07 Å². The van der Waals surface area contributed by atoms with Crippen LogP contribution in [-0.2, 0) is 0 Å². The number of aromatic nitrogens is 2. The number of rotatable bonds is 3. The van der Waals surface area contributed by atoms with E-state index in [1.54, 1.807) is 6.92 Å². The Morgan fingerprint density at radius 1 is 1.42 bits per heavy atom. The lowest BCUT2D eigenvalue weighted by molar-refractivity contribution is 0.0945. The van der Waals surface area contributed by atoms with Gasteiger partial charge in [0.25, 0.3) is 5.91 Å². The fourth-order valence-electron chi connectivity index (χ4n) is 1.29. The second-order valence-corrected chi connectivity index (χ2v) is 3.64. The Kier molecular flexibility index (Phi) is 3.42. The van der Waals surface area contributed by atoms with Gasteiger partial charge in [-0.1, -0.05) is 5.16 Å². The fourth-order valence-corrected chi connectivity index (χ4v) is 1.29. The molecule has 0 spiro atoms. The van der Waals surface area contributed by atoms with Crippen LogP contribution in [0.1, 0.15) is 21.7 Å². The maximum absolute atomic E-state index is 11.6. The van der Waals surface area contributed by atoms with Gasteiger partial charge < -0.3 is 10.2 Å². The van der Waals surface area contributed by atoms with Crippen molar-refractivity contribution in [3.63, 3.8) is 0 Å². The predicted molar refractivity (Wildman–Crippen MR) is 63.9 cm³/mol. The molecule has 0 unspecified atom stereocenters. The van der Waals surface area contributed by atoms with E-state index >= 15 is 0 Å². The van der Waals surface area contributed by atoms with Crippen LogP contribution in [0.3, 0.4) is 0 Å². The summed E-state index contributed by atoms with van der Waals surface area (Å²) >= 11 is 0. The van der Waals surface area contributed by atoms with Gasteiger partial charge in [0.15, 0.2) is 5.69 Å². The molecule has 2 rings (SSSR count). The van der Waals surface area contributed by atoms with E-state index in [1.807, 2.05) is 0 Å². The first-order chi connectivity index (χ1) is 9.08. The molecule has 8 nitrogen and oxygen atoms in total. The Labute approximate surface area is 107 Å². The van der Waals surface area contributed by atoms with Crippen molar-refractivity contribution in [3.8, 4) is 11.5 Å². The van der Waals surface area contributed by atoms with E-state index in [-0.39, 0.29) is 17.2 Å². The van der Waals surface area contributed by atoms with Crippen molar-refractivity contribution in [2.45, 2.75) is 6.92 Å². The summed E-state index contributed by atoms with van der Waals surface area (Å²) in [5.74, 6) is -0.798. The van der Waals surface area contributed by atoms with Gasteiger partial charge in [-0.05, 0) is 24.2 Å². The highest BCUT2D eigenvalue weighted by Gasteiger charge is 2.13. The van der Waals surface area contributed by atoms with Crippen LogP contribution >= 0.6 is 0 Å². The van der Waals surface area contributed by atoms with E-state index in [4.69, 9.17) is 5.11 Å². The third-order valence-electron chi connectivity index (χ3n) is 2.25. The van der Waals surface area contributed by atoms with Crippen molar-refractivity contribution in [1.29, 1.82) is 0 Å². The molecule has 1 aromatic heterocycles. The molecule has 0 aliphatic carbocycles. The lowest BCUT2D eigenvalue weighted by Crippen LogP contribution is -2.19. The predicted octanol–water partition coefficient (Wildman–Crippen LogP) is 0.553. The van der Waals surface area contributed by atoms with Gasteiger partial charge in [-0.3, -0.25) is 4.79 Å². The summed E-state index contributed by atoms with van der Waals surface area (Å²) in [5, 5.41) is 29.1. The minimum Gasteiger partial charge on any atom is -0.508 e. The molecule has 1 amide bonds. The molecular formula is C11H10N4O4. The van der Waals surface area contributed by atoms with Gasteiger partial charge in [0.1, 0.15) is 17.2 Å². The number of nitrogens with one attached hydrogen (secondary N) is 1. The van der Waals surface area contributed by atoms with Crippen molar-refractivity contribution < 1.29 is 19.6 Å². The molecular weight excluding hydrogens is 252 g/mol. The van der Waals surface area contributed by atoms with E-state index in [1.165, 1.54) is 18.3 Å². The molecule has 0 bridgehead atoms. The number of nitrogens with zero attached hydrogens (tertiary/aromatic N) is 3. The van der Waals surface area contributed by atoms with E-state index in [0.29, 0.717) is 11.3 Å². The maximum Gasteiger partial charge on any atom is 0.295 e. The zero-order valence-electron chi connectivity index (χ0n) is 9.86. The van der Waals surface area contributed by atoms with Crippen LogP contribution in [0.2, 0.25) is 0 Å². The highest BCUT2D eigenvalue weighted by Crippen LogP contribution is 2.20. The monoisotopic (exact) mass is 262 g/mol. The molecule has 98 valence electrons. The summed E-state index contributed by atoms with van der Waals surface area (Å²) in [5.41, 5.74) is 2.93. The standard InChI is InChI=1S/C11H10N4O4/c1-6-10(15-19-14-6)11(18)13-12-5-7-2-3-8(16)4-9(7)17/h2-5,16-17H,1H3,(H,13,18)/b12-5-. The zero-order valence-corrected chi connectivity index (χ0v) is 9.86. The number of hydrazone groups is 1. The first-order valence-electron chi connectivity index (χ1n) is 5.22. The smallest absolute Gasteiger partial charge is 0.295 e. The highest BCUT2D eigenvalue weighted by molar-refractivity contribution is 5.94. The fraction of sp³-hybridized carbons (Fsp3) is 0.0909. The van der Waals surface area contributed by atoms with Crippen LogP contribution in [0.5, 0.6) is 11.5 Å². The maximum atomic E-state index is 11.6. The van der Waals surface area contributed by atoms with Gasteiger partial charge in [-0.2, -0.15) is 5.10 Å². The summed E-state index contributed by atoms with van der Waals surface area (Å²) in [7, 11) is 0. The molecule has 0 saturated carbocycles. The van der Waals surface area contributed by atoms with Crippen molar-refractivity contribution >= 4 is 12.1 Å². The average Bonchev–Trinajstić information content (AvgIpc) is 2.78. The van der Waals surface area contributed by atoms with Crippen molar-refractivity contribution in [2.75, 3.05) is 0 Å². The summed E-state index contributed by atoms with van der Waals surface area (Å²) in [6.45, 7) is 1.57. The van der Waals surface area contributed by atoms with E-state index < -0.39 is 5.91 Å². The average molecular weight is 262 g/mol. The summed E-state index contributed by atoms with van der Waals surface area (Å²) in [6, 6.07) is 3.99. The number of hydrogen-bond donors (Lipinski definition) is 3. The number of carbonyl (C=O) groups is 1. The number of carbonyl (C=O) groups excluding carboxylic acids is 1. The van der Waals surface area contributed by atoms with Gasteiger partial charge in [0.2, 0.25) is 0 Å². The zero-order chi connectivity index (χ0) is 13.8. The summed E-state index contributed by atoms with van der Waals surface area (Å²) < 4.78 is 4.38. The molecule has 8 heteroatoms. The van der Waals surface area contributed by atoms with Crippen LogP contribution in [0.25, 0.3) is 0 Å². The molecule has 1 heterocycles. The lowest BCUT2D eigenvalue weighted by Gasteiger charge is -1.99. The van der Waals surface area contributed by atoms with Crippen molar-refractivity contribution in [2.24, 2.45) is 5.10 Å². The minimum atomic E-state index is -0.576. The van der Waals surface area contributed by atoms with Crippen molar-refractivity contribution in [3.05, 3.63) is 35.2 Å². The van der Waals surface area contributed by atoms with E-state index in [9.17, 15) is 9.90 Å². The molecule has 0 atom stereocenters. The SMILES string of the molecule is Cc1nonc1C(=O)N/N=C\c1ccc(O)cc1O. The number of amides is 1. The molecule has 0 aliphatic heterocycles. The number of phenols is 2. The van der Waals surface area contributed by atoms with Crippen LogP contribution in [-0.4, -0.2) is 32.6 Å². The van der Waals surface area contributed by atoms with Crippen LogP contribution in [0, 0.1) is 6.92 Å². The highest BCUT2D eigenvalue weighted by atomic mass is 16.6. The largest absolute Gasteiger partial charge is 0.508 e. The van der Waals surface area contributed by atoms with Crippen LogP contribution in [0.15, 0.2) is 27.9 Å². The molecule has 19 heavy (non-hydrogen) atoms. The third-order valence-corrected chi connectivity index (χ3v) is 2.25. The number of benzene rings is 1. The lowest BCUT2D eigenvalue weighted by atomic mass is 10.2. The molecule has 3 N–H and O–H groups in total. The van der Waals surface area contributed by atoms with Gasteiger partial charge in [0, 0.05) is 11.6 Å². The Morgan fingerprint density at radius 3 is 2.84 bits per heavy atom. The second-order valence-electron chi connectivity index (χ2n) is 3.64. The Morgan fingerprint density at radius 2 is 2.21 bits per heavy atom. The molecule has 1 aromatic carbocycles. The Hall–Kier alpha value is -2.90. The van der Waals surface area contributed by atoms with Gasteiger partial charge in [-0.25, -0.2) is 10.1 Å². The first kappa shape index (κ1) is 12.6. The van der Waals surface area contributed by atoms with Crippen molar-refractivity contribution in [1.82, 2.24) is 15.7 Å². The normalized spacial score (nSPS) is 10.8. The van der Waals surface area contributed by atoms with Gasteiger partial charge in [0.05, 0.1) is 6.21 Å². The third kappa shape index (κ3) is 2.86. The summed E-state index contributed by atoms with van der Waals surface area (Å²) in [6.07, 6.45) is 1.23. The number of aryl methyl sites for hydroxylation is 1. The minimum absolute atomic E-state index is 0.0343. The summed E-state index contributed by atoms with van der Waals surface area (Å²) in [4.78, 5) is 11.6. The molecule has 0 aliphatic rings. The molecule has 0 fully saturated rings. The quantitative estimate of drug-likeness (QED) is 0.548. The molecule has 2 aromatic rings. The second kappa shape index (κ2) is 5.17. The topological polar surface area (TPSA) is 121 Å². The van der Waals surface area contributed by atoms with Crippen LogP contribution in [0.4, 0.5) is 0 Å². The Bertz CT molecular complexity index is 635. The first-order valence-corrected chi connectivity index (χ1v) is 5.22. The molecule has 0 radical (unpaired) electrons. The number of hydrogen-bond acceptors (Lipinski definition) is 7. The number of aromatic hydroxyl groups is 2. The van der Waals surface area contributed by atoms with Gasteiger partial charge in [-0.15, -0.1) is 0 Å². The van der Waals surface area contributed by atoms with Crippen LogP contribution < -0.4 is 5.43 Å². The number of phenolic OH excluding ortho intramolecular Hbond substituents is 2. The Balaban J connectivity index is 2.04.